The van der Waals surface area contributed by atoms with Gasteiger partial charge in [0, 0.05) is 25.8 Å². The van der Waals surface area contributed by atoms with Crippen molar-refractivity contribution in [2.75, 3.05) is 25.0 Å². The Morgan fingerprint density at radius 2 is 2.38 bits per heavy atom. The third kappa shape index (κ3) is 3.18. The van der Waals surface area contributed by atoms with Gasteiger partial charge >= 0.3 is 0 Å². The van der Waals surface area contributed by atoms with Crippen molar-refractivity contribution in [3.8, 4) is 0 Å². The second-order valence-corrected chi connectivity index (χ2v) is 4.33. The van der Waals surface area contributed by atoms with Gasteiger partial charge in [-0.25, -0.2) is 4.98 Å². The van der Waals surface area contributed by atoms with E-state index in [0.29, 0.717) is 6.10 Å². The second-order valence-electron chi connectivity index (χ2n) is 4.33. The molecule has 1 aliphatic rings. The van der Waals surface area contributed by atoms with Crippen molar-refractivity contribution in [2.45, 2.75) is 26.1 Å². The summed E-state index contributed by atoms with van der Waals surface area (Å²) in [5.74, 6) is 0.910. The highest BCUT2D eigenvalue weighted by Gasteiger charge is 2.18. The lowest BCUT2D eigenvalue weighted by Crippen LogP contribution is -2.46. The minimum absolute atomic E-state index is 0.229. The van der Waals surface area contributed by atoms with Crippen molar-refractivity contribution >= 4 is 5.82 Å². The molecule has 4 nitrogen and oxygen atoms in total. The van der Waals surface area contributed by atoms with Crippen molar-refractivity contribution in [3.05, 3.63) is 23.9 Å². The molecule has 4 heteroatoms. The highest BCUT2D eigenvalue weighted by Crippen LogP contribution is 2.07. The van der Waals surface area contributed by atoms with Gasteiger partial charge in [0.1, 0.15) is 5.82 Å². The van der Waals surface area contributed by atoms with Crippen LogP contribution in [0.4, 0.5) is 5.82 Å². The van der Waals surface area contributed by atoms with Gasteiger partial charge < -0.3 is 15.4 Å². The van der Waals surface area contributed by atoms with Crippen LogP contribution in [0.15, 0.2) is 18.3 Å². The normalized spacial score (nSPS) is 25.4. The summed E-state index contributed by atoms with van der Waals surface area (Å²) < 4.78 is 5.78. The highest BCUT2D eigenvalue weighted by molar-refractivity contribution is 5.35. The van der Waals surface area contributed by atoms with E-state index >= 15 is 0 Å². The fraction of sp³-hybridized carbons (Fsp3) is 0.583. The number of ether oxygens (including phenoxy) is 1. The van der Waals surface area contributed by atoms with Crippen molar-refractivity contribution in [1.29, 1.82) is 0 Å². The third-order valence-electron chi connectivity index (χ3n) is 2.65. The van der Waals surface area contributed by atoms with Crippen LogP contribution in [0, 0.1) is 6.92 Å². The van der Waals surface area contributed by atoms with Gasteiger partial charge in [-0.05, 0) is 25.5 Å². The molecule has 16 heavy (non-hydrogen) atoms. The molecule has 0 radical (unpaired) electrons. The summed E-state index contributed by atoms with van der Waals surface area (Å²) in [6, 6.07) is 4.05. The van der Waals surface area contributed by atoms with Gasteiger partial charge in [-0.3, -0.25) is 0 Å². The monoisotopic (exact) mass is 221 g/mol. The zero-order valence-electron chi connectivity index (χ0n) is 9.86. The Hall–Kier alpha value is -1.13. The van der Waals surface area contributed by atoms with Crippen LogP contribution in [-0.2, 0) is 4.74 Å². The average molecular weight is 221 g/mol. The van der Waals surface area contributed by atoms with Gasteiger partial charge in [0.05, 0.1) is 12.2 Å². The molecule has 1 aromatic heterocycles. The van der Waals surface area contributed by atoms with E-state index in [2.05, 4.69) is 28.6 Å². The first-order chi connectivity index (χ1) is 7.74. The smallest absolute Gasteiger partial charge is 0.125 e. The number of aryl methyl sites for hydroxylation is 1. The average Bonchev–Trinajstić information content (AvgIpc) is 2.28. The maximum atomic E-state index is 5.78. The lowest BCUT2D eigenvalue weighted by Gasteiger charge is -2.28. The van der Waals surface area contributed by atoms with E-state index in [9.17, 15) is 0 Å². The first kappa shape index (κ1) is 11.4. The van der Waals surface area contributed by atoms with Crippen LogP contribution in [0.1, 0.15) is 12.5 Å². The Balaban J connectivity index is 1.80. The lowest BCUT2D eigenvalue weighted by molar-refractivity contribution is -0.0196. The molecule has 1 aliphatic heterocycles. The maximum Gasteiger partial charge on any atom is 0.125 e. The zero-order chi connectivity index (χ0) is 11.4. The van der Waals surface area contributed by atoms with Gasteiger partial charge in [0.25, 0.3) is 0 Å². The lowest BCUT2D eigenvalue weighted by atomic mass is 10.2. The van der Waals surface area contributed by atoms with E-state index in [1.54, 1.807) is 0 Å². The molecule has 0 unspecified atom stereocenters. The Morgan fingerprint density at radius 3 is 3.06 bits per heavy atom. The molecule has 0 amide bonds. The van der Waals surface area contributed by atoms with Crippen LogP contribution in [0.2, 0.25) is 0 Å². The molecule has 0 aromatic carbocycles. The SMILES string of the molecule is Cc1ccc(NC[C@@H]2CNC[C@@H](C)O2)nc1. The maximum absolute atomic E-state index is 5.78. The predicted octanol–water partition coefficient (Wildman–Crippen LogP) is 1.18. The van der Waals surface area contributed by atoms with Crippen LogP contribution < -0.4 is 10.6 Å². The van der Waals surface area contributed by atoms with E-state index in [1.165, 1.54) is 5.56 Å². The molecule has 88 valence electrons. The molecular formula is C12H19N3O. The standard InChI is InChI=1S/C12H19N3O/c1-9-3-4-12(14-5-9)15-8-11-7-13-6-10(2)16-11/h3-5,10-11,13H,6-8H2,1-2H3,(H,14,15)/t10-,11+/m1/s1. The number of morpholine rings is 1. The fourth-order valence-corrected chi connectivity index (χ4v) is 1.78. The Bertz CT molecular complexity index is 326. The number of hydrogen-bond acceptors (Lipinski definition) is 4. The first-order valence-corrected chi connectivity index (χ1v) is 5.77. The number of rotatable bonds is 3. The quantitative estimate of drug-likeness (QED) is 0.804. The number of hydrogen-bond donors (Lipinski definition) is 2. The minimum Gasteiger partial charge on any atom is -0.371 e. The molecule has 2 heterocycles. The molecule has 1 saturated heterocycles. The van der Waals surface area contributed by atoms with Gasteiger partial charge in [-0.2, -0.15) is 0 Å². The van der Waals surface area contributed by atoms with E-state index < -0.39 is 0 Å². The van der Waals surface area contributed by atoms with Crippen LogP contribution in [0.3, 0.4) is 0 Å². The van der Waals surface area contributed by atoms with Gasteiger partial charge in [0.2, 0.25) is 0 Å². The molecule has 2 rings (SSSR count). The Morgan fingerprint density at radius 1 is 1.50 bits per heavy atom. The second kappa shape index (κ2) is 5.27. The number of nitrogens with one attached hydrogen (secondary N) is 2. The fourth-order valence-electron chi connectivity index (χ4n) is 1.78. The first-order valence-electron chi connectivity index (χ1n) is 5.77. The molecule has 1 aromatic rings. The summed E-state index contributed by atoms with van der Waals surface area (Å²) in [6.45, 7) is 6.77. The molecule has 1 fully saturated rings. The molecule has 0 spiro atoms. The van der Waals surface area contributed by atoms with Crippen LogP contribution in [0.25, 0.3) is 0 Å². The van der Waals surface area contributed by atoms with Crippen molar-refractivity contribution in [2.24, 2.45) is 0 Å². The number of aromatic nitrogens is 1. The van der Waals surface area contributed by atoms with Crippen LogP contribution >= 0.6 is 0 Å². The largest absolute Gasteiger partial charge is 0.371 e. The summed E-state index contributed by atoms with van der Waals surface area (Å²) in [5.41, 5.74) is 1.18. The predicted molar refractivity (Wildman–Crippen MR) is 64.7 cm³/mol. The molecule has 2 atom stereocenters. The van der Waals surface area contributed by atoms with Gasteiger partial charge in [0.15, 0.2) is 0 Å². The molecule has 0 aliphatic carbocycles. The molecular weight excluding hydrogens is 202 g/mol. The van der Waals surface area contributed by atoms with Crippen molar-refractivity contribution in [1.82, 2.24) is 10.3 Å². The topological polar surface area (TPSA) is 46.2 Å². The van der Waals surface area contributed by atoms with Crippen LogP contribution in [-0.4, -0.2) is 36.8 Å². The Labute approximate surface area is 96.4 Å². The molecule has 0 bridgehead atoms. The highest BCUT2D eigenvalue weighted by atomic mass is 16.5. The van der Waals surface area contributed by atoms with E-state index in [-0.39, 0.29) is 6.10 Å². The number of pyridine rings is 1. The Kier molecular flexibility index (Phi) is 3.74. The number of anilines is 1. The summed E-state index contributed by atoms with van der Waals surface area (Å²) in [7, 11) is 0. The zero-order valence-corrected chi connectivity index (χ0v) is 9.86. The summed E-state index contributed by atoms with van der Waals surface area (Å²) >= 11 is 0. The van der Waals surface area contributed by atoms with Crippen LogP contribution in [0.5, 0.6) is 0 Å². The summed E-state index contributed by atoms with van der Waals surface area (Å²) in [6.07, 6.45) is 2.39. The van der Waals surface area contributed by atoms with Gasteiger partial charge in [-0.1, -0.05) is 6.07 Å². The van der Waals surface area contributed by atoms with Crippen molar-refractivity contribution in [3.63, 3.8) is 0 Å². The van der Waals surface area contributed by atoms with Gasteiger partial charge in [-0.15, -0.1) is 0 Å². The third-order valence-corrected chi connectivity index (χ3v) is 2.65. The molecule has 0 saturated carbocycles. The number of nitrogens with zero attached hydrogens (tertiary/aromatic N) is 1. The van der Waals surface area contributed by atoms with E-state index in [4.69, 9.17) is 4.74 Å². The van der Waals surface area contributed by atoms with E-state index in [1.807, 2.05) is 19.2 Å². The summed E-state index contributed by atoms with van der Waals surface area (Å²) in [5, 5.41) is 6.63. The summed E-state index contributed by atoms with van der Waals surface area (Å²) in [4.78, 5) is 4.29. The minimum atomic E-state index is 0.229. The molecule has 2 N–H and O–H groups in total. The van der Waals surface area contributed by atoms with E-state index in [0.717, 1.165) is 25.5 Å². The van der Waals surface area contributed by atoms with Crippen molar-refractivity contribution < 1.29 is 4.74 Å².